The highest BCUT2D eigenvalue weighted by atomic mass is 79.9. The van der Waals surface area contributed by atoms with Gasteiger partial charge in [0.2, 0.25) is 0 Å². The number of benzene rings is 2. The molecule has 20 heavy (non-hydrogen) atoms. The predicted molar refractivity (Wildman–Crippen MR) is 87.5 cm³/mol. The second-order valence-corrected chi connectivity index (χ2v) is 5.90. The smallest absolute Gasteiger partial charge is 0.193 e. The number of carbonyl (C=O) groups is 1. The average molecular weight is 331 g/mol. The summed E-state index contributed by atoms with van der Waals surface area (Å²) in [6.45, 7) is 6.18. The summed E-state index contributed by atoms with van der Waals surface area (Å²) in [5.74, 6) is 0.121. The van der Waals surface area contributed by atoms with Crippen LogP contribution in [0.4, 0.5) is 0 Å². The van der Waals surface area contributed by atoms with Crippen molar-refractivity contribution >= 4 is 21.7 Å². The van der Waals surface area contributed by atoms with Gasteiger partial charge in [-0.3, -0.25) is 4.79 Å². The van der Waals surface area contributed by atoms with Crippen LogP contribution in [0.1, 0.15) is 46.5 Å². The van der Waals surface area contributed by atoms with Crippen LogP contribution in [0, 0.1) is 6.92 Å². The van der Waals surface area contributed by atoms with E-state index in [0.717, 1.165) is 39.6 Å². The molecule has 0 N–H and O–H groups in total. The van der Waals surface area contributed by atoms with Gasteiger partial charge in [-0.15, -0.1) is 0 Å². The minimum Gasteiger partial charge on any atom is -0.289 e. The summed E-state index contributed by atoms with van der Waals surface area (Å²) in [5, 5.41) is 0. The molecule has 0 saturated heterocycles. The summed E-state index contributed by atoms with van der Waals surface area (Å²) in [6.07, 6.45) is 1.82. The van der Waals surface area contributed by atoms with Crippen LogP contribution in [-0.2, 0) is 12.8 Å². The molecule has 0 aliphatic carbocycles. The molecule has 0 unspecified atom stereocenters. The zero-order valence-corrected chi connectivity index (χ0v) is 13.8. The second-order valence-electron chi connectivity index (χ2n) is 4.99. The molecule has 0 spiro atoms. The van der Waals surface area contributed by atoms with E-state index in [0.29, 0.717) is 0 Å². The summed E-state index contributed by atoms with van der Waals surface area (Å²) in [4.78, 5) is 12.8. The summed E-state index contributed by atoms with van der Waals surface area (Å²) < 4.78 is 0.941. The van der Waals surface area contributed by atoms with Gasteiger partial charge in [-0.1, -0.05) is 48.0 Å². The topological polar surface area (TPSA) is 17.1 Å². The minimum atomic E-state index is 0.121. The number of aryl methyl sites for hydroxylation is 3. The van der Waals surface area contributed by atoms with Crippen LogP contribution in [-0.4, -0.2) is 5.78 Å². The third-order valence-corrected chi connectivity index (χ3v) is 4.15. The van der Waals surface area contributed by atoms with Gasteiger partial charge < -0.3 is 0 Å². The summed E-state index contributed by atoms with van der Waals surface area (Å²) in [6, 6.07) is 12.1. The highest BCUT2D eigenvalue weighted by Gasteiger charge is 2.15. The third-order valence-electron chi connectivity index (χ3n) is 3.65. The Kier molecular flexibility index (Phi) is 4.77. The van der Waals surface area contributed by atoms with Gasteiger partial charge in [0.05, 0.1) is 0 Å². The number of hydrogen-bond donors (Lipinski definition) is 0. The van der Waals surface area contributed by atoms with Crippen molar-refractivity contribution in [2.24, 2.45) is 0 Å². The van der Waals surface area contributed by atoms with Crippen LogP contribution in [0.3, 0.4) is 0 Å². The zero-order chi connectivity index (χ0) is 14.7. The Balaban J connectivity index is 2.54. The molecule has 0 aromatic heterocycles. The Morgan fingerprint density at radius 2 is 1.75 bits per heavy atom. The Labute approximate surface area is 129 Å². The fraction of sp³-hybridized carbons (Fsp3) is 0.278. The van der Waals surface area contributed by atoms with Crippen LogP contribution in [0.2, 0.25) is 0 Å². The minimum absolute atomic E-state index is 0.121. The Morgan fingerprint density at radius 1 is 1.00 bits per heavy atom. The quantitative estimate of drug-likeness (QED) is 0.711. The molecule has 1 nitrogen and oxygen atoms in total. The molecule has 0 fully saturated rings. The van der Waals surface area contributed by atoms with Crippen molar-refractivity contribution in [1.29, 1.82) is 0 Å². The van der Waals surface area contributed by atoms with Crippen molar-refractivity contribution in [2.75, 3.05) is 0 Å². The van der Waals surface area contributed by atoms with E-state index in [4.69, 9.17) is 0 Å². The first-order chi connectivity index (χ1) is 9.56. The Bertz CT molecular complexity index is 644. The van der Waals surface area contributed by atoms with Gasteiger partial charge in [0.15, 0.2) is 5.78 Å². The maximum atomic E-state index is 12.8. The monoisotopic (exact) mass is 330 g/mol. The lowest BCUT2D eigenvalue weighted by Crippen LogP contribution is -2.08. The molecule has 2 aromatic carbocycles. The maximum absolute atomic E-state index is 12.8. The van der Waals surface area contributed by atoms with E-state index in [1.807, 2.05) is 31.2 Å². The molecule has 0 bridgehead atoms. The molecule has 2 aromatic rings. The number of carbonyl (C=O) groups excluding carboxylic acids is 1. The van der Waals surface area contributed by atoms with Gasteiger partial charge in [0.25, 0.3) is 0 Å². The molecule has 0 atom stereocenters. The number of ketones is 1. The van der Waals surface area contributed by atoms with Gasteiger partial charge >= 0.3 is 0 Å². The van der Waals surface area contributed by atoms with E-state index in [2.05, 4.69) is 41.9 Å². The molecule has 0 aliphatic rings. The average Bonchev–Trinajstić information content (AvgIpc) is 2.48. The molecule has 0 radical (unpaired) electrons. The number of halogens is 1. The molecule has 104 valence electrons. The first kappa shape index (κ1) is 15.0. The summed E-state index contributed by atoms with van der Waals surface area (Å²) in [7, 11) is 0. The van der Waals surface area contributed by atoms with Gasteiger partial charge in [0, 0.05) is 15.6 Å². The lowest BCUT2D eigenvalue weighted by Gasteiger charge is -2.11. The third kappa shape index (κ3) is 3.01. The van der Waals surface area contributed by atoms with Crippen LogP contribution < -0.4 is 0 Å². The fourth-order valence-electron chi connectivity index (χ4n) is 2.35. The standard InChI is InChI=1S/C18H19BrO/c1-4-13-7-8-14(5-2)17(10-13)18(20)16-11-15(19)9-6-12(16)3/h6-11H,4-5H2,1-3H3. The van der Waals surface area contributed by atoms with Crippen LogP contribution in [0.5, 0.6) is 0 Å². The van der Waals surface area contributed by atoms with Crippen molar-refractivity contribution in [3.8, 4) is 0 Å². The molecule has 0 amide bonds. The molecule has 2 rings (SSSR count). The van der Waals surface area contributed by atoms with Crippen LogP contribution in [0.25, 0.3) is 0 Å². The normalized spacial score (nSPS) is 10.6. The van der Waals surface area contributed by atoms with Gasteiger partial charge in [-0.25, -0.2) is 0 Å². The van der Waals surface area contributed by atoms with E-state index in [1.54, 1.807) is 0 Å². The maximum Gasteiger partial charge on any atom is 0.193 e. The molecular weight excluding hydrogens is 312 g/mol. The first-order valence-electron chi connectivity index (χ1n) is 6.99. The van der Waals surface area contributed by atoms with Crippen molar-refractivity contribution in [3.63, 3.8) is 0 Å². The van der Waals surface area contributed by atoms with E-state index < -0.39 is 0 Å². The summed E-state index contributed by atoms with van der Waals surface area (Å²) in [5.41, 5.74) is 4.96. The van der Waals surface area contributed by atoms with E-state index >= 15 is 0 Å². The van der Waals surface area contributed by atoms with E-state index in [1.165, 1.54) is 5.56 Å². The Morgan fingerprint density at radius 3 is 2.40 bits per heavy atom. The largest absolute Gasteiger partial charge is 0.289 e. The summed E-state index contributed by atoms with van der Waals surface area (Å²) >= 11 is 3.45. The zero-order valence-electron chi connectivity index (χ0n) is 12.2. The van der Waals surface area contributed by atoms with Crippen molar-refractivity contribution in [2.45, 2.75) is 33.6 Å². The molecule has 0 saturated carbocycles. The molecule has 2 heteroatoms. The van der Waals surface area contributed by atoms with Crippen LogP contribution >= 0.6 is 15.9 Å². The van der Waals surface area contributed by atoms with Crippen molar-refractivity contribution < 1.29 is 4.79 Å². The molecular formula is C18H19BrO. The SMILES string of the molecule is CCc1ccc(CC)c(C(=O)c2cc(Br)ccc2C)c1. The lowest BCUT2D eigenvalue weighted by atomic mass is 9.92. The lowest BCUT2D eigenvalue weighted by molar-refractivity contribution is 0.103. The fourth-order valence-corrected chi connectivity index (χ4v) is 2.71. The van der Waals surface area contributed by atoms with Gasteiger partial charge in [-0.2, -0.15) is 0 Å². The highest BCUT2D eigenvalue weighted by Crippen LogP contribution is 2.22. The van der Waals surface area contributed by atoms with Gasteiger partial charge in [0.1, 0.15) is 0 Å². The van der Waals surface area contributed by atoms with Crippen molar-refractivity contribution in [3.05, 3.63) is 68.7 Å². The van der Waals surface area contributed by atoms with E-state index in [9.17, 15) is 4.79 Å². The molecule has 0 heterocycles. The van der Waals surface area contributed by atoms with E-state index in [-0.39, 0.29) is 5.78 Å². The predicted octanol–water partition coefficient (Wildman–Crippen LogP) is 5.11. The van der Waals surface area contributed by atoms with Crippen molar-refractivity contribution in [1.82, 2.24) is 0 Å². The Hall–Kier alpha value is -1.41. The first-order valence-corrected chi connectivity index (χ1v) is 7.78. The highest BCUT2D eigenvalue weighted by molar-refractivity contribution is 9.10. The van der Waals surface area contributed by atoms with Gasteiger partial charge in [-0.05, 0) is 54.7 Å². The molecule has 0 aliphatic heterocycles. The number of hydrogen-bond acceptors (Lipinski definition) is 1. The second kappa shape index (κ2) is 6.36. The number of rotatable bonds is 4. The van der Waals surface area contributed by atoms with Crippen LogP contribution in [0.15, 0.2) is 40.9 Å².